The second kappa shape index (κ2) is 5.58. The van der Waals surface area contributed by atoms with E-state index in [2.05, 4.69) is 15.3 Å². The van der Waals surface area contributed by atoms with Gasteiger partial charge in [-0.1, -0.05) is 0 Å². The van der Waals surface area contributed by atoms with Crippen LogP contribution in [0, 0.1) is 0 Å². The summed E-state index contributed by atoms with van der Waals surface area (Å²) < 4.78 is 5.31. The zero-order valence-electron chi connectivity index (χ0n) is 9.85. The molecule has 2 heterocycles. The number of hydrogen-bond donors (Lipinski definition) is 1. The average Bonchev–Trinajstić information content (AvgIpc) is 2.40. The largest absolute Gasteiger partial charge is 0.476 e. The lowest BCUT2D eigenvalue weighted by Crippen LogP contribution is -2.46. The van der Waals surface area contributed by atoms with Gasteiger partial charge in [-0.05, 0) is 6.92 Å². The monoisotopic (exact) mass is 236 g/mol. The predicted molar refractivity (Wildman–Crippen MR) is 62.0 cm³/mol. The lowest BCUT2D eigenvalue weighted by molar-refractivity contribution is 0.0724. The van der Waals surface area contributed by atoms with Crippen molar-refractivity contribution in [1.29, 1.82) is 0 Å². The normalized spacial score (nSPS) is 15.7. The molecule has 1 aromatic rings. The highest BCUT2D eigenvalue weighted by molar-refractivity contribution is 5.94. The summed E-state index contributed by atoms with van der Waals surface area (Å²) in [6.45, 7) is 5.35. The molecule has 1 amide bonds. The van der Waals surface area contributed by atoms with Gasteiger partial charge in [0.25, 0.3) is 5.91 Å². The zero-order valence-corrected chi connectivity index (χ0v) is 9.85. The topological polar surface area (TPSA) is 67.4 Å². The highest BCUT2D eigenvalue weighted by atomic mass is 16.5. The van der Waals surface area contributed by atoms with Crippen molar-refractivity contribution in [2.75, 3.05) is 32.8 Å². The number of carbonyl (C=O) groups is 1. The molecule has 1 aliphatic rings. The Morgan fingerprint density at radius 3 is 2.82 bits per heavy atom. The third-order valence-electron chi connectivity index (χ3n) is 2.55. The predicted octanol–water partition coefficient (Wildman–Crippen LogP) is -0.0793. The van der Waals surface area contributed by atoms with Gasteiger partial charge in [0.1, 0.15) is 0 Å². The van der Waals surface area contributed by atoms with E-state index in [-0.39, 0.29) is 5.91 Å². The Morgan fingerprint density at radius 2 is 2.12 bits per heavy atom. The van der Waals surface area contributed by atoms with Gasteiger partial charge in [-0.3, -0.25) is 4.79 Å². The standard InChI is InChI=1S/C11H16N4O2/c1-2-17-10-9(13-3-4-14-10)11(16)15-7-5-12-6-8-15/h3-4,12H,2,5-8H2,1H3. The molecule has 92 valence electrons. The first-order valence-corrected chi connectivity index (χ1v) is 5.76. The second-order valence-electron chi connectivity index (χ2n) is 3.69. The maximum absolute atomic E-state index is 12.2. The van der Waals surface area contributed by atoms with E-state index in [1.165, 1.54) is 12.4 Å². The third-order valence-corrected chi connectivity index (χ3v) is 2.55. The van der Waals surface area contributed by atoms with Crippen LogP contribution in [0.4, 0.5) is 0 Å². The summed E-state index contributed by atoms with van der Waals surface area (Å²) in [5, 5.41) is 3.20. The molecule has 1 aromatic heterocycles. The van der Waals surface area contributed by atoms with Gasteiger partial charge in [0.05, 0.1) is 6.61 Å². The molecule has 0 spiro atoms. The molecule has 0 bridgehead atoms. The van der Waals surface area contributed by atoms with E-state index in [1.807, 2.05) is 6.92 Å². The van der Waals surface area contributed by atoms with Gasteiger partial charge in [0, 0.05) is 38.6 Å². The van der Waals surface area contributed by atoms with Crippen molar-refractivity contribution in [2.24, 2.45) is 0 Å². The molecule has 0 saturated carbocycles. The maximum atomic E-state index is 12.2. The number of rotatable bonds is 3. The Kier molecular flexibility index (Phi) is 3.87. The number of nitrogens with one attached hydrogen (secondary N) is 1. The van der Waals surface area contributed by atoms with Crippen molar-refractivity contribution < 1.29 is 9.53 Å². The first-order valence-electron chi connectivity index (χ1n) is 5.76. The molecule has 6 heteroatoms. The van der Waals surface area contributed by atoms with Crippen LogP contribution in [0.25, 0.3) is 0 Å². The van der Waals surface area contributed by atoms with Crippen LogP contribution in [0.2, 0.25) is 0 Å². The second-order valence-corrected chi connectivity index (χ2v) is 3.69. The van der Waals surface area contributed by atoms with Gasteiger partial charge in [-0.15, -0.1) is 0 Å². The van der Waals surface area contributed by atoms with E-state index in [1.54, 1.807) is 4.90 Å². The summed E-state index contributed by atoms with van der Waals surface area (Å²) in [7, 11) is 0. The van der Waals surface area contributed by atoms with Crippen molar-refractivity contribution in [3.63, 3.8) is 0 Å². The van der Waals surface area contributed by atoms with Crippen molar-refractivity contribution >= 4 is 5.91 Å². The lowest BCUT2D eigenvalue weighted by Gasteiger charge is -2.27. The summed E-state index contributed by atoms with van der Waals surface area (Å²) in [5.74, 6) is 0.210. The highest BCUT2D eigenvalue weighted by Gasteiger charge is 2.23. The number of piperazine rings is 1. The van der Waals surface area contributed by atoms with E-state index in [9.17, 15) is 4.79 Å². The molecule has 0 unspecified atom stereocenters. The van der Waals surface area contributed by atoms with Crippen LogP contribution in [-0.2, 0) is 0 Å². The summed E-state index contributed by atoms with van der Waals surface area (Å²) in [5.41, 5.74) is 0.302. The van der Waals surface area contributed by atoms with Crippen LogP contribution < -0.4 is 10.1 Å². The van der Waals surface area contributed by atoms with Gasteiger partial charge in [0.15, 0.2) is 5.69 Å². The van der Waals surface area contributed by atoms with Gasteiger partial charge in [-0.2, -0.15) is 0 Å². The quantitative estimate of drug-likeness (QED) is 0.795. The maximum Gasteiger partial charge on any atom is 0.278 e. The van der Waals surface area contributed by atoms with Crippen molar-refractivity contribution in [3.05, 3.63) is 18.1 Å². The molecule has 6 nitrogen and oxygen atoms in total. The van der Waals surface area contributed by atoms with Crippen LogP contribution in [0.15, 0.2) is 12.4 Å². The van der Waals surface area contributed by atoms with Crippen molar-refractivity contribution in [2.45, 2.75) is 6.92 Å². The number of aromatic nitrogens is 2. The fourth-order valence-electron chi connectivity index (χ4n) is 1.73. The smallest absolute Gasteiger partial charge is 0.278 e. The minimum absolute atomic E-state index is 0.108. The van der Waals surface area contributed by atoms with Crippen LogP contribution in [-0.4, -0.2) is 53.6 Å². The molecule has 1 saturated heterocycles. The van der Waals surface area contributed by atoms with Crippen LogP contribution >= 0.6 is 0 Å². The number of nitrogens with zero attached hydrogens (tertiary/aromatic N) is 3. The highest BCUT2D eigenvalue weighted by Crippen LogP contribution is 2.14. The van der Waals surface area contributed by atoms with E-state index in [0.717, 1.165) is 13.1 Å². The molecule has 0 atom stereocenters. The Balaban J connectivity index is 2.17. The van der Waals surface area contributed by atoms with Crippen molar-refractivity contribution in [3.8, 4) is 5.88 Å². The fraction of sp³-hybridized carbons (Fsp3) is 0.545. The molecule has 1 fully saturated rings. The van der Waals surface area contributed by atoms with E-state index < -0.39 is 0 Å². The first-order chi connectivity index (χ1) is 8.33. The minimum Gasteiger partial charge on any atom is -0.476 e. The molecule has 2 rings (SSSR count). The first kappa shape index (κ1) is 11.8. The lowest BCUT2D eigenvalue weighted by atomic mass is 10.3. The average molecular weight is 236 g/mol. The summed E-state index contributed by atoms with van der Waals surface area (Å²) in [6, 6.07) is 0. The van der Waals surface area contributed by atoms with Crippen LogP contribution in [0.5, 0.6) is 5.88 Å². The SMILES string of the molecule is CCOc1nccnc1C(=O)N1CCNCC1. The summed E-state index contributed by atoms with van der Waals surface area (Å²) >= 11 is 0. The molecular formula is C11H16N4O2. The Morgan fingerprint density at radius 1 is 1.41 bits per heavy atom. The van der Waals surface area contributed by atoms with Crippen LogP contribution in [0.3, 0.4) is 0 Å². The van der Waals surface area contributed by atoms with Gasteiger partial charge in [-0.25, -0.2) is 9.97 Å². The molecule has 1 N–H and O–H groups in total. The van der Waals surface area contributed by atoms with Gasteiger partial charge in [0.2, 0.25) is 5.88 Å². The van der Waals surface area contributed by atoms with Crippen LogP contribution in [0.1, 0.15) is 17.4 Å². The zero-order chi connectivity index (χ0) is 12.1. The number of ether oxygens (including phenoxy) is 1. The van der Waals surface area contributed by atoms with Gasteiger partial charge < -0.3 is 15.0 Å². The summed E-state index contributed by atoms with van der Waals surface area (Å²) in [6.07, 6.45) is 3.04. The number of amides is 1. The molecule has 1 aliphatic heterocycles. The Hall–Kier alpha value is -1.69. The summed E-state index contributed by atoms with van der Waals surface area (Å²) in [4.78, 5) is 22.1. The molecular weight excluding hydrogens is 220 g/mol. The number of hydrogen-bond acceptors (Lipinski definition) is 5. The van der Waals surface area contributed by atoms with E-state index in [0.29, 0.717) is 31.3 Å². The number of carbonyl (C=O) groups excluding carboxylic acids is 1. The van der Waals surface area contributed by atoms with E-state index in [4.69, 9.17) is 4.74 Å². The molecule has 17 heavy (non-hydrogen) atoms. The molecule has 0 aliphatic carbocycles. The van der Waals surface area contributed by atoms with Gasteiger partial charge >= 0.3 is 0 Å². The third kappa shape index (κ3) is 2.71. The Labute approximate surface area is 100 Å². The Bertz CT molecular complexity index is 391. The minimum atomic E-state index is -0.108. The van der Waals surface area contributed by atoms with E-state index >= 15 is 0 Å². The molecule has 0 aromatic carbocycles. The fourth-order valence-corrected chi connectivity index (χ4v) is 1.73. The van der Waals surface area contributed by atoms with Crippen molar-refractivity contribution in [1.82, 2.24) is 20.2 Å². The molecule has 0 radical (unpaired) electrons.